The Morgan fingerprint density at radius 3 is 2.81 bits per heavy atom. The predicted molar refractivity (Wildman–Crippen MR) is 139 cm³/mol. The highest BCUT2D eigenvalue weighted by Crippen LogP contribution is 2.50. The van der Waals surface area contributed by atoms with Crippen molar-refractivity contribution >= 4 is 11.5 Å². The van der Waals surface area contributed by atoms with E-state index in [9.17, 15) is 14.3 Å². The minimum absolute atomic E-state index is 0.112. The van der Waals surface area contributed by atoms with E-state index in [0.29, 0.717) is 32.7 Å². The van der Waals surface area contributed by atoms with Crippen molar-refractivity contribution in [1.29, 1.82) is 0 Å². The van der Waals surface area contributed by atoms with Crippen LogP contribution in [0.15, 0.2) is 48.0 Å². The van der Waals surface area contributed by atoms with Crippen molar-refractivity contribution in [3.05, 3.63) is 64.7 Å². The molecule has 36 heavy (non-hydrogen) atoms. The van der Waals surface area contributed by atoms with E-state index in [1.165, 1.54) is 22.3 Å². The molecule has 194 valence electrons. The van der Waals surface area contributed by atoms with Gasteiger partial charge in [-0.05, 0) is 73.2 Å². The fourth-order valence-corrected chi connectivity index (χ4v) is 5.44. The number of fused-ring (bicyclic) bond motifs is 2. The molecule has 0 bridgehead atoms. The number of ether oxygens (including phenoxy) is 2. The fourth-order valence-electron chi connectivity index (χ4n) is 5.44. The molecule has 0 saturated carbocycles. The Morgan fingerprint density at radius 2 is 2.06 bits per heavy atom. The SMILES string of the molecule is COc1ccc(OCCNCCCF)cc1[C@@H]1C2=C(C[C@@H](C)N1C[C@H](C)C(=O)O)c1ccccc1C2. The zero-order valence-corrected chi connectivity index (χ0v) is 21.4. The molecule has 1 aliphatic carbocycles. The third-order valence-electron chi connectivity index (χ3n) is 7.28. The van der Waals surface area contributed by atoms with Crippen LogP contribution in [-0.4, -0.2) is 62.0 Å². The van der Waals surface area contributed by atoms with Crippen molar-refractivity contribution in [3.63, 3.8) is 0 Å². The number of halogens is 1. The molecule has 3 atom stereocenters. The number of methoxy groups -OCH3 is 1. The summed E-state index contributed by atoms with van der Waals surface area (Å²) in [5.74, 6) is 0.208. The molecule has 2 aromatic carbocycles. The second kappa shape index (κ2) is 11.9. The topological polar surface area (TPSA) is 71.0 Å². The molecule has 0 unspecified atom stereocenters. The van der Waals surface area contributed by atoms with E-state index in [-0.39, 0.29) is 18.8 Å². The van der Waals surface area contributed by atoms with E-state index >= 15 is 0 Å². The second-order valence-corrected chi connectivity index (χ2v) is 9.77. The summed E-state index contributed by atoms with van der Waals surface area (Å²) < 4.78 is 24.1. The normalized spacial score (nSPS) is 20.1. The van der Waals surface area contributed by atoms with Crippen LogP contribution in [-0.2, 0) is 11.2 Å². The number of hydrogen-bond donors (Lipinski definition) is 2. The summed E-state index contributed by atoms with van der Waals surface area (Å²) in [7, 11) is 1.67. The van der Waals surface area contributed by atoms with Gasteiger partial charge in [-0.3, -0.25) is 14.1 Å². The smallest absolute Gasteiger partial charge is 0.307 e. The van der Waals surface area contributed by atoms with Crippen molar-refractivity contribution in [1.82, 2.24) is 10.2 Å². The van der Waals surface area contributed by atoms with Gasteiger partial charge in [0.2, 0.25) is 0 Å². The number of rotatable bonds is 12. The second-order valence-electron chi connectivity index (χ2n) is 9.77. The van der Waals surface area contributed by atoms with Crippen molar-refractivity contribution in [2.45, 2.75) is 45.2 Å². The molecule has 1 aliphatic heterocycles. The number of carboxylic acid groups (broad SMARTS) is 1. The summed E-state index contributed by atoms with van der Waals surface area (Å²) in [6.07, 6.45) is 2.23. The molecule has 2 N–H and O–H groups in total. The number of carboxylic acids is 1. The zero-order valence-electron chi connectivity index (χ0n) is 21.4. The average Bonchev–Trinajstić information content (AvgIpc) is 3.24. The number of alkyl halides is 1. The van der Waals surface area contributed by atoms with Gasteiger partial charge >= 0.3 is 5.97 Å². The Hall–Kier alpha value is -2.90. The van der Waals surface area contributed by atoms with Crippen LogP contribution >= 0.6 is 0 Å². The van der Waals surface area contributed by atoms with E-state index in [4.69, 9.17) is 9.47 Å². The molecular formula is C29H37FN2O4. The van der Waals surface area contributed by atoms with Crippen LogP contribution in [0.3, 0.4) is 0 Å². The first kappa shape index (κ1) is 26.2. The predicted octanol–water partition coefficient (Wildman–Crippen LogP) is 4.89. The highest BCUT2D eigenvalue weighted by atomic mass is 19.1. The molecule has 4 rings (SSSR count). The van der Waals surface area contributed by atoms with Crippen molar-refractivity contribution in [2.24, 2.45) is 5.92 Å². The maximum Gasteiger partial charge on any atom is 0.307 e. The van der Waals surface area contributed by atoms with E-state index in [2.05, 4.69) is 41.4 Å². The molecule has 2 aliphatic rings. The molecule has 2 aromatic rings. The fraction of sp³-hybridized carbons (Fsp3) is 0.483. The number of benzene rings is 2. The van der Waals surface area contributed by atoms with Gasteiger partial charge in [0.25, 0.3) is 0 Å². The van der Waals surface area contributed by atoms with Crippen molar-refractivity contribution in [3.8, 4) is 11.5 Å². The third-order valence-corrected chi connectivity index (χ3v) is 7.28. The summed E-state index contributed by atoms with van der Waals surface area (Å²) in [4.78, 5) is 14.1. The van der Waals surface area contributed by atoms with E-state index in [0.717, 1.165) is 29.9 Å². The lowest BCUT2D eigenvalue weighted by Crippen LogP contribution is -2.44. The van der Waals surface area contributed by atoms with E-state index in [1.807, 2.05) is 18.2 Å². The van der Waals surface area contributed by atoms with Gasteiger partial charge in [-0.25, -0.2) is 0 Å². The largest absolute Gasteiger partial charge is 0.496 e. The first-order valence-corrected chi connectivity index (χ1v) is 12.8. The van der Waals surface area contributed by atoms with Gasteiger partial charge in [0, 0.05) is 24.7 Å². The van der Waals surface area contributed by atoms with Crippen molar-refractivity contribution < 1.29 is 23.8 Å². The van der Waals surface area contributed by atoms with Gasteiger partial charge in [0.05, 0.1) is 25.7 Å². The Kier molecular flexibility index (Phi) is 8.64. The quantitative estimate of drug-likeness (QED) is 0.408. The van der Waals surface area contributed by atoms with E-state index < -0.39 is 11.9 Å². The molecule has 0 spiro atoms. The van der Waals surface area contributed by atoms with Gasteiger partial charge in [-0.2, -0.15) is 0 Å². The Bertz CT molecular complexity index is 1100. The molecule has 0 aromatic heterocycles. The van der Waals surface area contributed by atoms with Gasteiger partial charge in [-0.1, -0.05) is 31.2 Å². The minimum Gasteiger partial charge on any atom is -0.496 e. The number of hydrogen-bond acceptors (Lipinski definition) is 5. The number of carbonyl (C=O) groups is 1. The lowest BCUT2D eigenvalue weighted by molar-refractivity contribution is -0.142. The summed E-state index contributed by atoms with van der Waals surface area (Å²) in [5, 5.41) is 12.9. The average molecular weight is 497 g/mol. The molecule has 7 heteroatoms. The van der Waals surface area contributed by atoms with Crippen LogP contribution in [0.1, 0.15) is 49.4 Å². The van der Waals surface area contributed by atoms with Gasteiger partial charge in [0.1, 0.15) is 18.1 Å². The third kappa shape index (κ3) is 5.57. The van der Waals surface area contributed by atoms with Crippen LogP contribution < -0.4 is 14.8 Å². The Morgan fingerprint density at radius 1 is 1.25 bits per heavy atom. The lowest BCUT2D eigenvalue weighted by atomic mass is 9.84. The highest BCUT2D eigenvalue weighted by molar-refractivity contribution is 5.79. The number of nitrogens with zero attached hydrogens (tertiary/aromatic N) is 1. The number of aliphatic carboxylic acids is 1. The standard InChI is InChI=1S/C29H37FN2O4/c1-19(29(33)34)18-32-20(2)15-24-23-8-5-4-7-21(23)16-25(24)28(32)26-17-22(9-10-27(26)35-3)36-14-13-31-12-6-11-30/h4-5,7-10,17,19-20,28,31H,6,11-16,18H2,1-3H3,(H,33,34)/t19-,20+,28-/m0/s1. The highest BCUT2D eigenvalue weighted by Gasteiger charge is 2.41. The molecule has 0 fully saturated rings. The maximum atomic E-state index is 12.3. The first-order valence-electron chi connectivity index (χ1n) is 12.8. The molecule has 0 radical (unpaired) electrons. The van der Waals surface area contributed by atoms with Gasteiger partial charge in [-0.15, -0.1) is 0 Å². The van der Waals surface area contributed by atoms with Gasteiger partial charge in [0.15, 0.2) is 0 Å². The summed E-state index contributed by atoms with van der Waals surface area (Å²) >= 11 is 0. The number of nitrogens with one attached hydrogen (secondary N) is 1. The molecule has 0 amide bonds. The monoisotopic (exact) mass is 496 g/mol. The first-order chi connectivity index (χ1) is 17.4. The summed E-state index contributed by atoms with van der Waals surface area (Å²) in [5.41, 5.74) is 6.30. The Balaban J connectivity index is 1.69. The zero-order chi connectivity index (χ0) is 25.7. The van der Waals surface area contributed by atoms with Crippen LogP contribution in [0.4, 0.5) is 4.39 Å². The Labute approximate surface area is 213 Å². The van der Waals surface area contributed by atoms with Crippen molar-refractivity contribution in [2.75, 3.05) is 40.0 Å². The van der Waals surface area contributed by atoms with Crippen LogP contribution in [0.2, 0.25) is 0 Å². The molecular weight excluding hydrogens is 459 g/mol. The maximum absolute atomic E-state index is 12.3. The van der Waals surface area contributed by atoms with Crippen LogP contribution in [0.25, 0.3) is 5.57 Å². The van der Waals surface area contributed by atoms with Crippen LogP contribution in [0, 0.1) is 5.92 Å². The molecule has 0 saturated heterocycles. The minimum atomic E-state index is -0.792. The summed E-state index contributed by atoms with van der Waals surface area (Å²) in [6, 6.07) is 14.5. The van der Waals surface area contributed by atoms with Gasteiger partial charge < -0.3 is 19.9 Å². The molecule has 1 heterocycles. The lowest BCUT2D eigenvalue weighted by Gasteiger charge is -2.43. The molecule has 6 nitrogen and oxygen atoms in total. The van der Waals surface area contributed by atoms with E-state index in [1.54, 1.807) is 14.0 Å². The van der Waals surface area contributed by atoms with Crippen LogP contribution in [0.5, 0.6) is 11.5 Å². The summed E-state index contributed by atoms with van der Waals surface area (Å²) in [6.45, 7) is 5.80.